The van der Waals surface area contributed by atoms with Crippen molar-refractivity contribution in [1.82, 2.24) is 5.32 Å². The Kier molecular flexibility index (Phi) is 5.22. The average molecular weight is 430 g/mol. The number of methoxy groups -OCH3 is 1. The summed E-state index contributed by atoms with van der Waals surface area (Å²) in [4.78, 5) is 26.6. The Hall–Kier alpha value is -2.61. The number of ether oxygens (including phenoxy) is 1. The third-order valence-electron chi connectivity index (χ3n) is 6.00. The highest BCUT2D eigenvalue weighted by Crippen LogP contribution is 2.49. The third-order valence-corrected chi connectivity index (χ3v) is 6.22. The number of benzene rings is 2. The highest BCUT2D eigenvalue weighted by Gasteiger charge is 2.61. The largest absolute Gasteiger partial charge is 0.497 e. The Morgan fingerprint density at radius 1 is 1.33 bits per heavy atom. The molecule has 1 spiro atoms. The molecule has 0 unspecified atom stereocenters. The van der Waals surface area contributed by atoms with Gasteiger partial charge in [-0.1, -0.05) is 11.6 Å². The van der Waals surface area contributed by atoms with Crippen LogP contribution >= 0.6 is 11.6 Å². The fourth-order valence-electron chi connectivity index (χ4n) is 4.45. The van der Waals surface area contributed by atoms with E-state index >= 15 is 0 Å². The summed E-state index contributed by atoms with van der Waals surface area (Å²) in [5, 5.41) is 19.8. The van der Waals surface area contributed by atoms with Crippen molar-refractivity contribution in [3.05, 3.63) is 52.5 Å². The minimum atomic E-state index is -1.30. The van der Waals surface area contributed by atoms with E-state index in [9.17, 15) is 14.7 Å². The van der Waals surface area contributed by atoms with E-state index in [1.807, 2.05) is 6.92 Å². The number of carbonyl (C=O) groups excluding carboxylic acids is 2. The summed E-state index contributed by atoms with van der Waals surface area (Å²) < 4.78 is 5.15. The molecule has 4 N–H and O–H groups in total. The van der Waals surface area contributed by atoms with Crippen LogP contribution in [0.15, 0.2) is 36.4 Å². The van der Waals surface area contributed by atoms with Crippen LogP contribution in [0.25, 0.3) is 0 Å². The summed E-state index contributed by atoms with van der Waals surface area (Å²) in [5.41, 5.74) is 1.40. The van der Waals surface area contributed by atoms with E-state index < -0.39 is 23.6 Å². The first-order valence-electron chi connectivity index (χ1n) is 9.79. The number of rotatable bonds is 4. The first-order valence-corrected chi connectivity index (χ1v) is 10.2. The molecule has 2 heterocycles. The Balaban J connectivity index is 1.74. The normalized spacial score (nSPS) is 25.7. The molecule has 0 saturated carbocycles. The van der Waals surface area contributed by atoms with E-state index in [0.717, 1.165) is 5.56 Å². The van der Waals surface area contributed by atoms with Gasteiger partial charge in [-0.3, -0.25) is 14.9 Å². The molecule has 0 radical (unpaired) electrons. The van der Waals surface area contributed by atoms with Crippen molar-refractivity contribution < 1.29 is 19.4 Å². The van der Waals surface area contributed by atoms with Crippen LogP contribution in [0, 0.1) is 12.8 Å². The van der Waals surface area contributed by atoms with Gasteiger partial charge in [0.25, 0.3) is 0 Å². The zero-order valence-corrected chi connectivity index (χ0v) is 17.7. The van der Waals surface area contributed by atoms with Gasteiger partial charge in [-0.05, 0) is 62.2 Å². The maximum atomic E-state index is 13.3. The van der Waals surface area contributed by atoms with Crippen molar-refractivity contribution in [3.8, 4) is 5.75 Å². The molecular formula is C22H24ClN3O4. The van der Waals surface area contributed by atoms with Gasteiger partial charge in [0.1, 0.15) is 11.3 Å². The van der Waals surface area contributed by atoms with E-state index in [-0.39, 0.29) is 11.8 Å². The van der Waals surface area contributed by atoms with Gasteiger partial charge in [-0.15, -0.1) is 0 Å². The van der Waals surface area contributed by atoms with Crippen LogP contribution < -0.4 is 20.7 Å². The van der Waals surface area contributed by atoms with Crippen molar-refractivity contribution in [2.24, 2.45) is 5.92 Å². The summed E-state index contributed by atoms with van der Waals surface area (Å²) in [6, 6.07) is 10.0. The third kappa shape index (κ3) is 3.23. The van der Waals surface area contributed by atoms with Crippen molar-refractivity contribution in [2.45, 2.75) is 38.0 Å². The quantitative estimate of drug-likeness (QED) is 0.599. The van der Waals surface area contributed by atoms with Gasteiger partial charge in [0.15, 0.2) is 0 Å². The van der Waals surface area contributed by atoms with Gasteiger partial charge in [0, 0.05) is 28.0 Å². The van der Waals surface area contributed by atoms with Crippen LogP contribution in [-0.2, 0) is 15.1 Å². The number of halogens is 1. The van der Waals surface area contributed by atoms with Crippen LogP contribution in [0.3, 0.4) is 0 Å². The molecule has 0 aromatic heterocycles. The summed E-state index contributed by atoms with van der Waals surface area (Å²) in [5.74, 6) is -0.689. The molecule has 0 aliphatic carbocycles. The maximum Gasteiger partial charge on any atom is 0.250 e. The Morgan fingerprint density at radius 2 is 2.03 bits per heavy atom. The number of amides is 2. The Bertz CT molecular complexity index is 1010. The molecule has 1 saturated heterocycles. The summed E-state index contributed by atoms with van der Waals surface area (Å²) in [6.45, 7) is 3.50. The van der Waals surface area contributed by atoms with Gasteiger partial charge < -0.3 is 20.5 Å². The van der Waals surface area contributed by atoms with Gasteiger partial charge in [-0.25, -0.2) is 0 Å². The zero-order valence-electron chi connectivity index (χ0n) is 17.0. The molecule has 2 amide bonds. The van der Waals surface area contributed by atoms with Crippen LogP contribution in [0.5, 0.6) is 5.75 Å². The van der Waals surface area contributed by atoms with Crippen molar-refractivity contribution in [1.29, 1.82) is 0 Å². The number of carbonyl (C=O) groups is 2. The molecule has 8 heteroatoms. The summed E-state index contributed by atoms with van der Waals surface area (Å²) in [7, 11) is 1.57. The standard InChI is InChI=1S/C22H24ClN3O4/c1-11-8-13(23)9-16-19(11)25-21(29)22(16)17(10-18(26-22)12(2)27)20(28)24-14-4-6-15(30-3)7-5-14/h4-9,12,17-18,26-27H,10H2,1-3H3,(H,24,28)(H,25,29)/t12-,17-,18-,22+/m1/s1. The smallest absolute Gasteiger partial charge is 0.250 e. The minimum absolute atomic E-state index is 0.304. The molecule has 4 rings (SSSR count). The second kappa shape index (κ2) is 7.58. The molecule has 2 aliphatic rings. The van der Waals surface area contributed by atoms with Crippen LogP contribution in [0.1, 0.15) is 24.5 Å². The first kappa shape index (κ1) is 20.7. The number of hydrogen-bond acceptors (Lipinski definition) is 5. The topological polar surface area (TPSA) is 99.7 Å². The van der Waals surface area contributed by atoms with Gasteiger partial charge in [-0.2, -0.15) is 0 Å². The molecule has 2 aromatic rings. The number of fused-ring (bicyclic) bond motifs is 2. The highest BCUT2D eigenvalue weighted by atomic mass is 35.5. The number of nitrogens with one attached hydrogen (secondary N) is 3. The van der Waals surface area contributed by atoms with E-state index in [1.54, 1.807) is 50.4 Å². The zero-order chi connectivity index (χ0) is 21.6. The van der Waals surface area contributed by atoms with Crippen LogP contribution in [0.4, 0.5) is 11.4 Å². The van der Waals surface area contributed by atoms with E-state index in [0.29, 0.717) is 34.1 Å². The molecule has 30 heavy (non-hydrogen) atoms. The number of aliphatic hydroxyl groups excluding tert-OH is 1. The number of hydrogen-bond donors (Lipinski definition) is 4. The molecule has 2 aromatic carbocycles. The van der Waals surface area contributed by atoms with E-state index in [1.165, 1.54) is 0 Å². The lowest BCUT2D eigenvalue weighted by atomic mass is 9.79. The predicted molar refractivity (Wildman–Crippen MR) is 115 cm³/mol. The number of aryl methyl sites for hydroxylation is 1. The van der Waals surface area contributed by atoms with E-state index in [2.05, 4.69) is 16.0 Å². The fourth-order valence-corrected chi connectivity index (χ4v) is 4.72. The van der Waals surface area contributed by atoms with Gasteiger partial charge >= 0.3 is 0 Å². The van der Waals surface area contributed by atoms with Crippen molar-refractivity contribution >= 4 is 34.8 Å². The Morgan fingerprint density at radius 3 is 2.67 bits per heavy atom. The molecule has 7 nitrogen and oxygen atoms in total. The second-order valence-corrected chi connectivity index (χ2v) is 8.34. The van der Waals surface area contributed by atoms with Gasteiger partial charge in [0.05, 0.1) is 19.1 Å². The molecule has 158 valence electrons. The fraction of sp³-hybridized carbons (Fsp3) is 0.364. The monoisotopic (exact) mass is 429 g/mol. The average Bonchev–Trinajstić information content (AvgIpc) is 3.24. The predicted octanol–water partition coefficient (Wildman–Crippen LogP) is 2.80. The molecule has 2 aliphatic heterocycles. The second-order valence-electron chi connectivity index (χ2n) is 7.90. The van der Waals surface area contributed by atoms with E-state index in [4.69, 9.17) is 16.3 Å². The van der Waals surface area contributed by atoms with Crippen LogP contribution in [-0.4, -0.2) is 36.2 Å². The lowest BCUT2D eigenvalue weighted by Gasteiger charge is -2.29. The number of aliphatic hydroxyl groups is 1. The minimum Gasteiger partial charge on any atom is -0.497 e. The lowest BCUT2D eigenvalue weighted by molar-refractivity contribution is -0.130. The molecule has 1 fully saturated rings. The van der Waals surface area contributed by atoms with Gasteiger partial charge in [0.2, 0.25) is 11.8 Å². The lowest BCUT2D eigenvalue weighted by Crippen LogP contribution is -2.53. The highest BCUT2D eigenvalue weighted by molar-refractivity contribution is 6.31. The molecule has 0 bridgehead atoms. The summed E-state index contributed by atoms with van der Waals surface area (Å²) in [6.07, 6.45) is -0.435. The summed E-state index contributed by atoms with van der Waals surface area (Å²) >= 11 is 6.29. The van der Waals surface area contributed by atoms with Crippen LogP contribution in [0.2, 0.25) is 5.02 Å². The first-order chi connectivity index (χ1) is 14.3. The SMILES string of the molecule is COc1ccc(NC(=O)[C@H]2C[C@H]([C@@H](C)O)N[C@]23C(=O)Nc2c(C)cc(Cl)cc23)cc1. The molecule has 4 atom stereocenters. The maximum absolute atomic E-state index is 13.3. The number of anilines is 2. The van der Waals surface area contributed by atoms with Crippen molar-refractivity contribution in [3.63, 3.8) is 0 Å². The molecular weight excluding hydrogens is 406 g/mol. The van der Waals surface area contributed by atoms with Crippen molar-refractivity contribution in [2.75, 3.05) is 17.7 Å². The Labute approximate surface area is 179 Å².